The molecule has 2 nitrogen and oxygen atoms in total. The molecule has 0 bridgehead atoms. The number of ether oxygens (including phenoxy) is 1. The van der Waals surface area contributed by atoms with Crippen LogP contribution in [0.1, 0.15) is 0 Å². The summed E-state index contributed by atoms with van der Waals surface area (Å²) in [6.45, 7) is -1.78. The van der Waals surface area contributed by atoms with Crippen LogP contribution >= 0.6 is 11.3 Å². The predicted molar refractivity (Wildman–Crippen MR) is 81.6 cm³/mol. The quantitative estimate of drug-likeness (QED) is 0.571. The van der Waals surface area contributed by atoms with Gasteiger partial charge < -0.3 is 4.74 Å². The van der Waals surface area contributed by atoms with E-state index in [1.807, 2.05) is 30.3 Å². The Kier molecular flexibility index (Phi) is 4.16. The molecule has 0 atom stereocenters. The number of hydrogen-bond acceptors (Lipinski definition) is 3. The Hall–Kier alpha value is -2.22. The molecule has 1 aromatic carbocycles. The first-order chi connectivity index (χ1) is 11.3. The van der Waals surface area contributed by atoms with Crippen molar-refractivity contribution in [2.45, 2.75) is 12.1 Å². The number of rotatable bonds is 4. The molecule has 0 saturated heterocycles. The molecule has 0 spiro atoms. The van der Waals surface area contributed by atoms with E-state index in [4.69, 9.17) is 0 Å². The number of halogens is 5. The van der Waals surface area contributed by atoms with E-state index in [9.17, 15) is 22.0 Å². The zero-order valence-electron chi connectivity index (χ0n) is 12.0. The average Bonchev–Trinajstić information content (AvgIpc) is 2.96. The average molecular weight is 359 g/mol. The first-order valence-corrected chi connectivity index (χ1v) is 7.60. The molecule has 0 radical (unpaired) electrons. The molecule has 0 fully saturated rings. The van der Waals surface area contributed by atoms with Crippen molar-refractivity contribution in [3.63, 3.8) is 0 Å². The number of fused-ring (bicyclic) bond motifs is 1. The Labute approximate surface area is 137 Å². The highest BCUT2D eigenvalue weighted by Crippen LogP contribution is 2.36. The van der Waals surface area contributed by atoms with E-state index in [2.05, 4.69) is 9.72 Å². The van der Waals surface area contributed by atoms with Crippen LogP contribution in [-0.4, -0.2) is 23.7 Å². The van der Waals surface area contributed by atoms with Crippen LogP contribution in [0.15, 0.2) is 48.7 Å². The van der Waals surface area contributed by atoms with Crippen molar-refractivity contribution in [2.24, 2.45) is 0 Å². The number of hydrogen-bond donors (Lipinski definition) is 0. The maximum atomic E-state index is 12.8. The molecule has 2 aromatic heterocycles. The van der Waals surface area contributed by atoms with E-state index < -0.39 is 18.7 Å². The molecule has 0 aliphatic heterocycles. The number of nitrogens with zero attached hydrogens (tertiary/aromatic N) is 1. The van der Waals surface area contributed by atoms with Crippen LogP contribution in [0.3, 0.4) is 0 Å². The Morgan fingerprint density at radius 2 is 1.75 bits per heavy atom. The van der Waals surface area contributed by atoms with Gasteiger partial charge in [-0.1, -0.05) is 18.2 Å². The lowest BCUT2D eigenvalue weighted by Gasteiger charge is -2.19. The molecule has 0 amide bonds. The third-order valence-corrected chi connectivity index (χ3v) is 4.39. The third-order valence-electron chi connectivity index (χ3n) is 3.25. The number of alkyl halides is 5. The summed E-state index contributed by atoms with van der Waals surface area (Å²) in [6, 6.07) is 12.5. The number of benzene rings is 1. The van der Waals surface area contributed by atoms with E-state index in [0.717, 1.165) is 21.2 Å². The van der Waals surface area contributed by atoms with E-state index in [0.29, 0.717) is 5.69 Å². The fraction of sp³-hybridized carbons (Fsp3) is 0.188. The van der Waals surface area contributed by atoms with Gasteiger partial charge in [0.2, 0.25) is 0 Å². The van der Waals surface area contributed by atoms with E-state index in [1.54, 1.807) is 0 Å². The Morgan fingerprint density at radius 3 is 2.38 bits per heavy atom. The summed E-state index contributed by atoms with van der Waals surface area (Å²) in [6.07, 6.45) is -4.51. The summed E-state index contributed by atoms with van der Waals surface area (Å²) in [5.74, 6) is -5.05. The van der Waals surface area contributed by atoms with Gasteiger partial charge in [-0.3, -0.25) is 4.98 Å². The van der Waals surface area contributed by atoms with Gasteiger partial charge in [-0.15, -0.1) is 11.3 Å². The molecule has 0 saturated carbocycles. The lowest BCUT2D eigenvalue weighted by atomic mass is 10.2. The van der Waals surface area contributed by atoms with Crippen LogP contribution in [0.2, 0.25) is 0 Å². The molecule has 3 rings (SSSR count). The maximum Gasteiger partial charge on any atom is 0.456 e. The lowest BCUT2D eigenvalue weighted by molar-refractivity contribution is -0.290. The Balaban J connectivity index is 1.74. The summed E-state index contributed by atoms with van der Waals surface area (Å²) in [5, 5.41) is 1.05. The van der Waals surface area contributed by atoms with Crippen molar-refractivity contribution in [1.82, 2.24) is 4.98 Å². The minimum absolute atomic E-state index is 0.149. The molecular weight excluding hydrogens is 349 g/mol. The monoisotopic (exact) mass is 359 g/mol. The molecule has 3 aromatic rings. The van der Waals surface area contributed by atoms with Crippen LogP contribution in [-0.2, 0) is 0 Å². The van der Waals surface area contributed by atoms with Gasteiger partial charge in [-0.2, -0.15) is 22.0 Å². The van der Waals surface area contributed by atoms with Gasteiger partial charge in [0.25, 0.3) is 0 Å². The van der Waals surface area contributed by atoms with Crippen molar-refractivity contribution in [3.05, 3.63) is 48.7 Å². The zero-order chi connectivity index (χ0) is 17.4. The largest absolute Gasteiger partial charge is 0.485 e. The summed E-state index contributed by atoms with van der Waals surface area (Å²) < 4.78 is 67.4. The SMILES string of the molecule is FC(F)(F)C(F)(F)COc1ccc(-c2cc3ccccc3s2)nc1. The topological polar surface area (TPSA) is 22.1 Å². The van der Waals surface area contributed by atoms with Crippen LogP contribution in [0.5, 0.6) is 5.75 Å². The van der Waals surface area contributed by atoms with Crippen molar-refractivity contribution in [2.75, 3.05) is 6.61 Å². The van der Waals surface area contributed by atoms with Gasteiger partial charge in [0.1, 0.15) is 5.75 Å². The van der Waals surface area contributed by atoms with Crippen molar-refractivity contribution in [3.8, 4) is 16.3 Å². The summed E-state index contributed by atoms with van der Waals surface area (Å²) >= 11 is 1.51. The van der Waals surface area contributed by atoms with Gasteiger partial charge in [-0.05, 0) is 29.7 Å². The molecular formula is C16H10F5NOS. The highest BCUT2D eigenvalue weighted by Gasteiger charge is 2.58. The van der Waals surface area contributed by atoms with E-state index in [-0.39, 0.29) is 5.75 Å². The van der Waals surface area contributed by atoms with Crippen LogP contribution in [0.25, 0.3) is 20.7 Å². The smallest absolute Gasteiger partial charge is 0.456 e. The molecule has 0 unspecified atom stereocenters. The summed E-state index contributed by atoms with van der Waals surface area (Å²) in [7, 11) is 0. The van der Waals surface area contributed by atoms with Gasteiger partial charge in [-0.25, -0.2) is 0 Å². The fourth-order valence-corrected chi connectivity index (χ4v) is 3.01. The standard InChI is InChI=1S/C16H10F5NOS/c17-15(18,16(19,20)21)9-23-11-5-6-12(22-8-11)14-7-10-3-1-2-4-13(10)24-14/h1-8H,9H2. The highest BCUT2D eigenvalue weighted by atomic mass is 32.1. The minimum atomic E-state index is -5.64. The van der Waals surface area contributed by atoms with Gasteiger partial charge >= 0.3 is 12.1 Å². The van der Waals surface area contributed by atoms with Crippen molar-refractivity contribution < 1.29 is 26.7 Å². The van der Waals surface area contributed by atoms with Crippen LogP contribution in [0.4, 0.5) is 22.0 Å². The highest BCUT2D eigenvalue weighted by molar-refractivity contribution is 7.22. The molecule has 2 heterocycles. The predicted octanol–water partition coefficient (Wildman–Crippen LogP) is 5.54. The lowest BCUT2D eigenvalue weighted by Crippen LogP contribution is -2.41. The second-order valence-electron chi connectivity index (χ2n) is 5.02. The summed E-state index contributed by atoms with van der Waals surface area (Å²) in [5.41, 5.74) is 0.589. The fourth-order valence-electron chi connectivity index (χ4n) is 1.98. The Morgan fingerprint density at radius 1 is 1.00 bits per heavy atom. The normalized spacial score (nSPS) is 12.5. The molecule has 24 heavy (non-hydrogen) atoms. The zero-order valence-corrected chi connectivity index (χ0v) is 12.8. The first-order valence-electron chi connectivity index (χ1n) is 6.79. The minimum Gasteiger partial charge on any atom is -0.485 e. The Bertz CT molecular complexity index is 809. The number of aromatic nitrogens is 1. The number of pyridine rings is 1. The van der Waals surface area contributed by atoms with E-state index >= 15 is 0 Å². The molecule has 126 valence electrons. The van der Waals surface area contributed by atoms with Gasteiger partial charge in [0.15, 0.2) is 6.61 Å². The molecule has 0 aliphatic rings. The van der Waals surface area contributed by atoms with E-state index in [1.165, 1.54) is 23.5 Å². The van der Waals surface area contributed by atoms with Crippen LogP contribution < -0.4 is 4.74 Å². The molecule has 0 aliphatic carbocycles. The molecule has 0 N–H and O–H groups in total. The van der Waals surface area contributed by atoms with Crippen molar-refractivity contribution >= 4 is 21.4 Å². The number of thiophene rings is 1. The second kappa shape index (κ2) is 6.01. The first kappa shape index (κ1) is 16.6. The third kappa shape index (κ3) is 3.33. The van der Waals surface area contributed by atoms with Crippen LogP contribution in [0, 0.1) is 0 Å². The van der Waals surface area contributed by atoms with Crippen molar-refractivity contribution in [1.29, 1.82) is 0 Å². The maximum absolute atomic E-state index is 12.8. The second-order valence-corrected chi connectivity index (χ2v) is 6.10. The molecule has 8 heteroatoms. The van der Waals surface area contributed by atoms with Gasteiger partial charge in [0, 0.05) is 4.70 Å². The summed E-state index contributed by atoms with van der Waals surface area (Å²) in [4.78, 5) is 4.93. The van der Waals surface area contributed by atoms with Gasteiger partial charge in [0.05, 0.1) is 16.8 Å².